The van der Waals surface area contributed by atoms with Crippen LogP contribution in [0, 0.1) is 0 Å². The third kappa shape index (κ3) is 5.29. The Kier molecular flexibility index (Phi) is 8.45. The van der Waals surface area contributed by atoms with Crippen LogP contribution in [0.2, 0.25) is 0 Å². The molecule has 68 heavy (non-hydrogen) atoms. The molecule has 0 fully saturated rings. The number of para-hydroxylation sites is 2. The molecule has 2 heteroatoms. The molecule has 0 aliphatic heterocycles. The molecule has 0 radical (unpaired) electrons. The van der Waals surface area contributed by atoms with Gasteiger partial charge >= 0.3 is 0 Å². The minimum Gasteiger partial charge on any atom is -0.455 e. The van der Waals surface area contributed by atoms with Crippen molar-refractivity contribution < 1.29 is 4.42 Å². The predicted molar refractivity (Wildman–Crippen MR) is 281 cm³/mol. The molecule has 14 rings (SSSR count). The zero-order valence-electron chi connectivity index (χ0n) is 37.2. The molecule has 0 bridgehead atoms. The highest BCUT2D eigenvalue weighted by molar-refractivity contribution is 6.16. The number of rotatable bonds is 7. The normalized spacial score (nSPS) is 15.2. The number of hydrogen-bond donors (Lipinski definition) is 0. The van der Waals surface area contributed by atoms with Gasteiger partial charge in [-0.2, -0.15) is 0 Å². The molecule has 0 saturated heterocycles. The van der Waals surface area contributed by atoms with Crippen LogP contribution in [0.1, 0.15) is 44.5 Å². The fourth-order valence-electron chi connectivity index (χ4n) is 12.3. The van der Waals surface area contributed by atoms with Gasteiger partial charge in [-0.15, -0.1) is 0 Å². The quantitative estimate of drug-likeness (QED) is 0.159. The van der Waals surface area contributed by atoms with Gasteiger partial charge in [-0.05, 0) is 109 Å². The zero-order valence-corrected chi connectivity index (χ0v) is 37.2. The molecular weight excluding hydrogens is 823 g/mol. The summed E-state index contributed by atoms with van der Waals surface area (Å²) < 4.78 is 7.25. The van der Waals surface area contributed by atoms with Crippen molar-refractivity contribution >= 4 is 49.8 Å². The first-order chi connectivity index (χ1) is 33.7. The van der Waals surface area contributed by atoms with Crippen molar-refractivity contribution in [1.82, 2.24) is 0 Å². The van der Waals surface area contributed by atoms with E-state index in [0.29, 0.717) is 0 Å². The second kappa shape index (κ2) is 14.9. The van der Waals surface area contributed by atoms with Gasteiger partial charge in [0.05, 0.1) is 10.8 Å². The number of nitrogens with zero attached hydrogens (tertiary/aromatic N) is 1. The monoisotopic (exact) mass is 865 g/mol. The van der Waals surface area contributed by atoms with E-state index in [0.717, 1.165) is 50.0 Å². The summed E-state index contributed by atoms with van der Waals surface area (Å²) in [5, 5.41) is 4.53. The van der Waals surface area contributed by atoms with Crippen LogP contribution in [0.4, 0.5) is 17.1 Å². The molecule has 1 atom stereocenters. The van der Waals surface area contributed by atoms with Gasteiger partial charge in [-0.1, -0.05) is 218 Å². The largest absolute Gasteiger partial charge is 0.455 e. The Hall–Kier alpha value is -8.72. The minimum atomic E-state index is -0.718. The molecule has 1 aromatic heterocycles. The van der Waals surface area contributed by atoms with Crippen molar-refractivity contribution in [3.63, 3.8) is 0 Å². The highest BCUT2D eigenvalue weighted by Gasteiger charge is 2.49. The van der Waals surface area contributed by atoms with E-state index >= 15 is 0 Å². The third-order valence-corrected chi connectivity index (χ3v) is 15.0. The van der Waals surface area contributed by atoms with Crippen LogP contribution in [0.5, 0.6) is 0 Å². The molecule has 2 nitrogen and oxygen atoms in total. The Balaban J connectivity index is 1.05. The van der Waals surface area contributed by atoms with E-state index in [2.05, 4.69) is 266 Å². The van der Waals surface area contributed by atoms with E-state index in [1.165, 1.54) is 66.6 Å². The average molecular weight is 866 g/mol. The van der Waals surface area contributed by atoms with Gasteiger partial charge in [0.2, 0.25) is 0 Å². The van der Waals surface area contributed by atoms with Gasteiger partial charge in [0.25, 0.3) is 0 Å². The van der Waals surface area contributed by atoms with E-state index < -0.39 is 10.8 Å². The van der Waals surface area contributed by atoms with Crippen LogP contribution in [-0.4, -0.2) is 0 Å². The summed E-state index contributed by atoms with van der Waals surface area (Å²) in [6, 6.07) is 96.1. The van der Waals surface area contributed by atoms with E-state index in [4.69, 9.17) is 4.42 Å². The molecule has 0 saturated carbocycles. The van der Waals surface area contributed by atoms with E-state index in [1.54, 1.807) is 0 Å². The molecule has 0 spiro atoms. The Morgan fingerprint density at radius 3 is 1.32 bits per heavy atom. The van der Waals surface area contributed by atoms with Crippen molar-refractivity contribution in [1.29, 1.82) is 0 Å². The van der Waals surface area contributed by atoms with Gasteiger partial charge in [-0.3, -0.25) is 0 Å². The summed E-state index contributed by atoms with van der Waals surface area (Å²) in [5.41, 5.74) is 18.6. The Bertz CT molecular complexity index is 3870. The smallest absolute Gasteiger partial charge is 0.143 e. The summed E-state index contributed by atoms with van der Waals surface area (Å²) >= 11 is 0. The van der Waals surface area contributed by atoms with Gasteiger partial charge < -0.3 is 9.32 Å². The van der Waals surface area contributed by atoms with Gasteiger partial charge in [0.15, 0.2) is 0 Å². The van der Waals surface area contributed by atoms with Crippen LogP contribution in [0.25, 0.3) is 55.0 Å². The third-order valence-electron chi connectivity index (χ3n) is 15.0. The minimum absolute atomic E-state index is 0.536. The van der Waals surface area contributed by atoms with Crippen molar-refractivity contribution in [3.8, 4) is 22.3 Å². The maximum absolute atomic E-state index is 7.25. The lowest BCUT2D eigenvalue weighted by Crippen LogP contribution is -2.29. The highest BCUT2D eigenvalue weighted by atomic mass is 16.3. The molecule has 0 N–H and O–H groups in total. The maximum Gasteiger partial charge on any atom is 0.143 e. The Labute approximate surface area is 395 Å². The standard InChI is InChI=1S/C66H43NO/c1-5-21-45(22-6-1)65(46-23-7-2-8-24-46)58-33-17-15-30-52(58)54-40-37-49(42-61(54)65)67(48-27-11-4-12-28-48)50-38-41-55-53-31-16-18-34-59(53)66(62(55)43-50,47-25-9-3-10-26-47)60-35-19-32-56-57-39-36-44-20-13-14-29-51(44)63(57)68-64(56)60/h1-43H. The molecule has 318 valence electrons. The maximum atomic E-state index is 7.25. The summed E-state index contributed by atoms with van der Waals surface area (Å²) in [7, 11) is 0. The van der Waals surface area contributed by atoms with E-state index in [-0.39, 0.29) is 0 Å². The van der Waals surface area contributed by atoms with Gasteiger partial charge in [-0.25, -0.2) is 0 Å². The number of hydrogen-bond acceptors (Lipinski definition) is 2. The topological polar surface area (TPSA) is 16.4 Å². The van der Waals surface area contributed by atoms with Crippen LogP contribution >= 0.6 is 0 Å². The summed E-state index contributed by atoms with van der Waals surface area (Å²) in [4.78, 5) is 2.46. The van der Waals surface area contributed by atoms with Crippen LogP contribution < -0.4 is 4.90 Å². The molecule has 1 heterocycles. The lowest BCUT2D eigenvalue weighted by atomic mass is 9.67. The van der Waals surface area contributed by atoms with Crippen molar-refractivity contribution in [2.24, 2.45) is 0 Å². The van der Waals surface area contributed by atoms with Crippen LogP contribution in [0.3, 0.4) is 0 Å². The first kappa shape index (κ1) is 38.5. The summed E-state index contributed by atoms with van der Waals surface area (Å²) in [5.74, 6) is 0. The highest BCUT2D eigenvalue weighted by Crippen LogP contribution is 2.60. The number of fused-ring (bicyclic) bond motifs is 11. The Morgan fingerprint density at radius 1 is 0.265 bits per heavy atom. The molecule has 1 unspecified atom stereocenters. The summed E-state index contributed by atoms with van der Waals surface area (Å²) in [6.07, 6.45) is 0. The molecule has 2 aliphatic rings. The Morgan fingerprint density at radius 2 is 0.706 bits per heavy atom. The lowest BCUT2D eigenvalue weighted by molar-refractivity contribution is 0.651. The predicted octanol–water partition coefficient (Wildman–Crippen LogP) is 16.9. The van der Waals surface area contributed by atoms with Crippen LogP contribution in [-0.2, 0) is 10.8 Å². The lowest BCUT2D eigenvalue weighted by Gasteiger charge is -2.36. The molecule has 0 amide bonds. The molecule has 2 aliphatic carbocycles. The van der Waals surface area contributed by atoms with E-state index in [1.807, 2.05) is 0 Å². The van der Waals surface area contributed by atoms with Gasteiger partial charge in [0.1, 0.15) is 11.2 Å². The average Bonchev–Trinajstić information content (AvgIpc) is 4.05. The number of anilines is 3. The fraction of sp³-hybridized carbons (Fsp3) is 0.0303. The molecule has 11 aromatic carbocycles. The molecule has 12 aromatic rings. The fourth-order valence-corrected chi connectivity index (χ4v) is 12.3. The van der Waals surface area contributed by atoms with E-state index in [9.17, 15) is 0 Å². The zero-order chi connectivity index (χ0) is 44.8. The second-order valence-electron chi connectivity index (χ2n) is 18.3. The van der Waals surface area contributed by atoms with Crippen LogP contribution in [0.15, 0.2) is 265 Å². The van der Waals surface area contributed by atoms with Crippen molar-refractivity contribution in [2.45, 2.75) is 10.8 Å². The second-order valence-corrected chi connectivity index (χ2v) is 18.3. The number of furan rings is 1. The first-order valence-corrected chi connectivity index (χ1v) is 23.6. The number of benzene rings is 11. The van der Waals surface area contributed by atoms with Gasteiger partial charge in [0, 0.05) is 38.8 Å². The summed E-state index contributed by atoms with van der Waals surface area (Å²) in [6.45, 7) is 0. The molecular formula is C66H43NO. The SMILES string of the molecule is c1ccc(N(c2ccc3c(c2)C(c2ccccc2)(c2ccccc2)c2ccccc2-3)c2ccc3c(c2)C(c2ccccc2)(c2cccc4c2oc2c5ccccc5ccc42)c2ccccc2-3)cc1. The van der Waals surface area contributed by atoms with Crippen molar-refractivity contribution in [2.75, 3.05) is 4.90 Å². The first-order valence-electron chi connectivity index (χ1n) is 23.6. The van der Waals surface area contributed by atoms with Crippen molar-refractivity contribution in [3.05, 3.63) is 305 Å².